The van der Waals surface area contributed by atoms with Crippen LogP contribution in [-0.4, -0.2) is 21.4 Å². The van der Waals surface area contributed by atoms with Crippen LogP contribution in [0.3, 0.4) is 0 Å². The molecule has 0 saturated heterocycles. The van der Waals surface area contributed by atoms with Crippen LogP contribution >= 0.6 is 0 Å². The van der Waals surface area contributed by atoms with E-state index >= 15 is 0 Å². The second-order valence-electron chi connectivity index (χ2n) is 5.36. The molecular formula is C16H18N4O. The lowest BCUT2D eigenvalue weighted by Gasteiger charge is -2.23. The highest BCUT2D eigenvalue weighted by molar-refractivity contribution is 6.08. The van der Waals surface area contributed by atoms with Crippen LogP contribution in [0, 0.1) is 13.8 Å². The fourth-order valence-corrected chi connectivity index (χ4v) is 2.43. The van der Waals surface area contributed by atoms with Gasteiger partial charge in [-0.1, -0.05) is 12.1 Å². The van der Waals surface area contributed by atoms with Crippen molar-refractivity contribution in [3.8, 4) is 0 Å². The smallest absolute Gasteiger partial charge is 0.249 e. The van der Waals surface area contributed by atoms with Gasteiger partial charge in [0.05, 0.1) is 11.9 Å². The summed E-state index contributed by atoms with van der Waals surface area (Å²) >= 11 is 0. The van der Waals surface area contributed by atoms with Crippen molar-refractivity contribution in [1.29, 1.82) is 0 Å². The van der Waals surface area contributed by atoms with Gasteiger partial charge in [0.1, 0.15) is 0 Å². The summed E-state index contributed by atoms with van der Waals surface area (Å²) in [7, 11) is 1.81. The SMILES string of the molecule is Cc1ccc(C2=NN(c3ccnn3C)C(=O)CC2)cc1C. The summed E-state index contributed by atoms with van der Waals surface area (Å²) in [5.74, 6) is 0.701. The number of benzene rings is 1. The number of hydrazone groups is 1. The number of aromatic nitrogens is 2. The first-order chi connectivity index (χ1) is 10.1. The van der Waals surface area contributed by atoms with Crippen molar-refractivity contribution in [2.75, 3.05) is 5.01 Å². The van der Waals surface area contributed by atoms with Crippen LogP contribution in [0.1, 0.15) is 29.5 Å². The maximum atomic E-state index is 12.1. The van der Waals surface area contributed by atoms with Crippen molar-refractivity contribution in [3.05, 3.63) is 47.2 Å². The van der Waals surface area contributed by atoms with E-state index in [1.54, 1.807) is 16.9 Å². The molecule has 0 unspecified atom stereocenters. The molecule has 0 spiro atoms. The van der Waals surface area contributed by atoms with Crippen LogP contribution in [0.15, 0.2) is 35.6 Å². The van der Waals surface area contributed by atoms with Gasteiger partial charge >= 0.3 is 0 Å². The van der Waals surface area contributed by atoms with Crippen LogP contribution in [0.4, 0.5) is 5.82 Å². The average Bonchev–Trinajstić information content (AvgIpc) is 2.89. The highest BCUT2D eigenvalue weighted by Crippen LogP contribution is 2.22. The van der Waals surface area contributed by atoms with Gasteiger partial charge in [0.15, 0.2) is 5.82 Å². The number of rotatable bonds is 2. The number of amides is 1. The molecule has 0 bridgehead atoms. The van der Waals surface area contributed by atoms with E-state index < -0.39 is 0 Å². The van der Waals surface area contributed by atoms with Crippen molar-refractivity contribution in [2.24, 2.45) is 12.1 Å². The Morgan fingerprint density at radius 3 is 2.57 bits per heavy atom. The third-order valence-corrected chi connectivity index (χ3v) is 3.88. The highest BCUT2D eigenvalue weighted by Gasteiger charge is 2.24. The minimum atomic E-state index is 0.00573. The molecule has 0 aliphatic carbocycles. The molecule has 1 aromatic heterocycles. The number of hydrogen-bond donors (Lipinski definition) is 0. The lowest BCUT2D eigenvalue weighted by atomic mass is 10.00. The second kappa shape index (κ2) is 5.16. The number of aryl methyl sites for hydroxylation is 3. The lowest BCUT2D eigenvalue weighted by Crippen LogP contribution is -2.33. The topological polar surface area (TPSA) is 50.5 Å². The van der Waals surface area contributed by atoms with Crippen molar-refractivity contribution < 1.29 is 4.79 Å². The van der Waals surface area contributed by atoms with Gasteiger partial charge in [-0.3, -0.25) is 9.48 Å². The molecule has 0 fully saturated rings. The summed E-state index contributed by atoms with van der Waals surface area (Å²) in [6.07, 6.45) is 2.81. The van der Waals surface area contributed by atoms with Crippen molar-refractivity contribution in [3.63, 3.8) is 0 Å². The summed E-state index contributed by atoms with van der Waals surface area (Å²) in [6.45, 7) is 4.18. The summed E-state index contributed by atoms with van der Waals surface area (Å²) in [6, 6.07) is 8.09. The molecule has 0 N–H and O–H groups in total. The third-order valence-electron chi connectivity index (χ3n) is 3.88. The summed E-state index contributed by atoms with van der Waals surface area (Å²) in [5, 5.41) is 10.1. The van der Waals surface area contributed by atoms with Crippen molar-refractivity contribution in [1.82, 2.24) is 9.78 Å². The van der Waals surface area contributed by atoms with Gasteiger partial charge in [0.25, 0.3) is 0 Å². The van der Waals surface area contributed by atoms with Gasteiger partial charge in [-0.05, 0) is 36.6 Å². The average molecular weight is 282 g/mol. The zero-order valence-electron chi connectivity index (χ0n) is 12.5. The molecular weight excluding hydrogens is 264 g/mol. The van der Waals surface area contributed by atoms with E-state index in [9.17, 15) is 4.79 Å². The summed E-state index contributed by atoms with van der Waals surface area (Å²) in [4.78, 5) is 12.1. The number of nitrogens with zero attached hydrogens (tertiary/aromatic N) is 4. The first-order valence-corrected chi connectivity index (χ1v) is 7.02. The van der Waals surface area contributed by atoms with Gasteiger partial charge in [0.2, 0.25) is 5.91 Å². The Bertz CT molecular complexity index is 730. The third kappa shape index (κ3) is 2.46. The Kier molecular flexibility index (Phi) is 3.33. The highest BCUT2D eigenvalue weighted by atomic mass is 16.2. The van der Waals surface area contributed by atoms with Crippen LogP contribution < -0.4 is 5.01 Å². The Labute approximate surface area is 123 Å². The van der Waals surface area contributed by atoms with E-state index in [1.807, 2.05) is 7.05 Å². The fraction of sp³-hybridized carbons (Fsp3) is 0.312. The molecule has 2 aromatic rings. The molecule has 3 rings (SSSR count). The Balaban J connectivity index is 2.01. The van der Waals surface area contributed by atoms with E-state index in [0.717, 1.165) is 11.3 Å². The largest absolute Gasteiger partial charge is 0.272 e. The van der Waals surface area contributed by atoms with Crippen LogP contribution in [-0.2, 0) is 11.8 Å². The Hall–Kier alpha value is -2.43. The zero-order valence-corrected chi connectivity index (χ0v) is 12.5. The van der Waals surface area contributed by atoms with Gasteiger partial charge in [-0.25, -0.2) is 0 Å². The molecule has 1 aromatic carbocycles. The molecule has 0 saturated carbocycles. The predicted octanol–water partition coefficient (Wildman–Crippen LogP) is 2.57. The first-order valence-electron chi connectivity index (χ1n) is 7.02. The number of anilines is 1. The Morgan fingerprint density at radius 2 is 1.90 bits per heavy atom. The van der Waals surface area contributed by atoms with Crippen molar-refractivity contribution in [2.45, 2.75) is 26.7 Å². The van der Waals surface area contributed by atoms with Gasteiger partial charge in [0, 0.05) is 26.0 Å². The minimum absolute atomic E-state index is 0.00573. The number of hydrogen-bond acceptors (Lipinski definition) is 3. The second-order valence-corrected chi connectivity index (χ2v) is 5.36. The quantitative estimate of drug-likeness (QED) is 0.850. The molecule has 0 radical (unpaired) electrons. The lowest BCUT2D eigenvalue weighted by molar-refractivity contribution is -0.118. The maximum absolute atomic E-state index is 12.1. The molecule has 21 heavy (non-hydrogen) atoms. The normalized spacial score (nSPS) is 15.3. The van der Waals surface area contributed by atoms with Crippen molar-refractivity contribution >= 4 is 17.4 Å². The number of carbonyl (C=O) groups excluding carboxylic acids is 1. The van der Waals surface area contributed by atoms with E-state index in [0.29, 0.717) is 18.7 Å². The summed E-state index contributed by atoms with van der Waals surface area (Å²) in [5.41, 5.74) is 4.52. The Morgan fingerprint density at radius 1 is 1.10 bits per heavy atom. The monoisotopic (exact) mass is 282 g/mol. The molecule has 1 aliphatic rings. The molecule has 0 atom stereocenters. The van der Waals surface area contributed by atoms with Gasteiger partial charge in [-0.2, -0.15) is 15.2 Å². The maximum Gasteiger partial charge on any atom is 0.249 e. The van der Waals surface area contributed by atoms with Crippen LogP contribution in [0.5, 0.6) is 0 Å². The van der Waals surface area contributed by atoms with Gasteiger partial charge < -0.3 is 0 Å². The first kappa shape index (κ1) is 13.5. The van der Waals surface area contributed by atoms with E-state index in [2.05, 4.69) is 42.2 Å². The summed E-state index contributed by atoms with van der Waals surface area (Å²) < 4.78 is 1.66. The molecule has 5 heteroatoms. The van der Waals surface area contributed by atoms with Gasteiger partial charge in [-0.15, -0.1) is 0 Å². The molecule has 108 valence electrons. The molecule has 2 heterocycles. The molecule has 1 amide bonds. The fourth-order valence-electron chi connectivity index (χ4n) is 2.43. The zero-order chi connectivity index (χ0) is 15.0. The van der Waals surface area contributed by atoms with E-state index in [1.165, 1.54) is 16.1 Å². The predicted molar refractivity (Wildman–Crippen MR) is 82.4 cm³/mol. The minimum Gasteiger partial charge on any atom is -0.272 e. The molecule has 5 nitrogen and oxygen atoms in total. The van der Waals surface area contributed by atoms with E-state index in [-0.39, 0.29) is 5.91 Å². The van der Waals surface area contributed by atoms with Crippen LogP contribution in [0.2, 0.25) is 0 Å². The standard InChI is InChI=1S/C16H18N4O/c1-11-4-5-13(10-12(11)2)14-6-7-16(21)20(18-14)15-8-9-17-19(15)3/h4-5,8-10H,6-7H2,1-3H3. The van der Waals surface area contributed by atoms with E-state index in [4.69, 9.17) is 0 Å². The molecule has 1 aliphatic heterocycles. The van der Waals surface area contributed by atoms with Crippen LogP contribution in [0.25, 0.3) is 0 Å². The number of carbonyl (C=O) groups is 1.